The molecule has 7 aliphatic rings. The number of pyridine rings is 1. The molecule has 2 unspecified atom stereocenters. The summed E-state index contributed by atoms with van der Waals surface area (Å²) in [6, 6.07) is 11.8. The van der Waals surface area contributed by atoms with Crippen LogP contribution in [0.15, 0.2) is 42.5 Å². The molecule has 422 valence electrons. The number of anilines is 2. The van der Waals surface area contributed by atoms with Crippen molar-refractivity contribution in [3.8, 4) is 35.4 Å². The highest BCUT2D eigenvalue weighted by Gasteiger charge is 2.45. The van der Waals surface area contributed by atoms with Crippen LogP contribution in [0.5, 0.6) is 11.8 Å². The van der Waals surface area contributed by atoms with Crippen LogP contribution in [0, 0.1) is 29.9 Å². The highest BCUT2D eigenvalue weighted by atomic mass is 19.1. The molecule has 2 atom stereocenters. The Kier molecular flexibility index (Phi) is 16.1. The molecule has 0 spiro atoms. The number of carbonyl (C=O) groups is 4. The number of piperidine rings is 1. The number of imide groups is 1. The van der Waals surface area contributed by atoms with Crippen molar-refractivity contribution in [3.05, 3.63) is 76.5 Å². The molecule has 4 amide bonds. The summed E-state index contributed by atoms with van der Waals surface area (Å²) in [5.41, 5.74) is 3.76. The van der Waals surface area contributed by atoms with Crippen molar-refractivity contribution in [1.82, 2.24) is 39.9 Å². The van der Waals surface area contributed by atoms with Gasteiger partial charge in [-0.2, -0.15) is 9.97 Å². The molecule has 5 saturated heterocycles. The number of carbonyl (C=O) groups excluding carboxylic acids is 4. The van der Waals surface area contributed by atoms with E-state index in [1.54, 1.807) is 4.90 Å². The average Bonchev–Trinajstić information content (AvgIpc) is 4.08. The minimum Gasteiger partial charge on any atom is -0.508 e. The predicted molar refractivity (Wildman–Crippen MR) is 298 cm³/mol. The van der Waals surface area contributed by atoms with Crippen LogP contribution in [0.2, 0.25) is 0 Å². The first-order valence-electron chi connectivity index (χ1n) is 28.4. The lowest BCUT2D eigenvalue weighted by atomic mass is 9.95. The van der Waals surface area contributed by atoms with E-state index in [0.29, 0.717) is 85.8 Å². The molecule has 3 aromatic carbocycles. The second-order valence-corrected chi connectivity index (χ2v) is 22.5. The van der Waals surface area contributed by atoms with Crippen LogP contribution < -0.4 is 19.9 Å². The number of piperazine rings is 1. The zero-order valence-electron chi connectivity index (χ0n) is 45.7. The van der Waals surface area contributed by atoms with Crippen LogP contribution in [-0.2, 0) is 32.0 Å². The van der Waals surface area contributed by atoms with Gasteiger partial charge in [-0.3, -0.25) is 29.5 Å². The second kappa shape index (κ2) is 23.5. The van der Waals surface area contributed by atoms with Crippen molar-refractivity contribution in [2.24, 2.45) is 5.92 Å². The van der Waals surface area contributed by atoms with Crippen LogP contribution in [0.25, 0.3) is 32.9 Å². The zero-order chi connectivity index (χ0) is 55.7. The Hall–Kier alpha value is -7.21. The van der Waals surface area contributed by atoms with Gasteiger partial charge in [0, 0.05) is 100 Å². The van der Waals surface area contributed by atoms with Crippen molar-refractivity contribution >= 4 is 57.5 Å². The number of phenolic OH excluding ortho intramolecular Hbond substituents is 1. The van der Waals surface area contributed by atoms with Crippen molar-refractivity contribution < 1.29 is 47.3 Å². The van der Waals surface area contributed by atoms with Crippen LogP contribution in [0.3, 0.4) is 0 Å². The number of methoxy groups -OCH3 is 1. The molecule has 0 aliphatic carbocycles. The standard InChI is InChI=1S/C34H33F2N5O3.C26H37N5O5/c1-2-23-25(35)8-6-20-16-22(42)17-24(27(20)23)30-29(36)31-28-26(37-30)9-7-21-18-43-15-5-14-41(21)32(28)39-33(38-31)44-19-34-10-3-12-40(34)13-4-11-34;1-19(3-6-24(33)27-18-32)31-17-21-15-22(4-5-23(21)25(31)34)29-13-11-28(12-14-29)16-20-7-9-30(10-8-20)26(35)36-2/h1,6,8,16-17,21,42H,3-5,7,9-15,18-19H2;4-5,15,18-20H,3,6-14,16-17H2,1-2H3,(H,27,32,33). The molecule has 12 rings (SSSR count). The smallest absolute Gasteiger partial charge is 0.409 e. The number of likely N-dealkylation sites (tertiary alicyclic amines) is 1. The normalized spacial score (nSPS) is 20.5. The summed E-state index contributed by atoms with van der Waals surface area (Å²) in [7, 11) is 1.43. The molecule has 18 nitrogen and oxygen atoms in total. The monoisotopic (exact) mass is 1100 g/mol. The van der Waals surface area contributed by atoms with Crippen LogP contribution in [0.4, 0.5) is 25.1 Å². The predicted octanol–water partition coefficient (Wildman–Crippen LogP) is 7.04. The summed E-state index contributed by atoms with van der Waals surface area (Å²) in [4.78, 5) is 74.3. The molecule has 0 radical (unpaired) electrons. The van der Waals surface area contributed by atoms with E-state index in [9.17, 15) is 28.7 Å². The fourth-order valence-electron chi connectivity index (χ4n) is 13.4. The molecule has 0 bridgehead atoms. The van der Waals surface area contributed by atoms with E-state index in [1.807, 2.05) is 24.0 Å². The molecular formula is C60H70F2N10O8. The molecule has 0 saturated carbocycles. The molecule has 9 heterocycles. The van der Waals surface area contributed by atoms with Gasteiger partial charge in [-0.15, -0.1) is 6.42 Å². The molecule has 20 heteroatoms. The van der Waals surface area contributed by atoms with Gasteiger partial charge in [-0.05, 0) is 137 Å². The van der Waals surface area contributed by atoms with Gasteiger partial charge in [-0.25, -0.2) is 18.6 Å². The number of nitrogens with zero attached hydrogens (tertiary/aromatic N) is 9. The summed E-state index contributed by atoms with van der Waals surface area (Å²) in [5.74, 6) is 1.91. The summed E-state index contributed by atoms with van der Waals surface area (Å²) in [5, 5.41) is 14.1. The molecule has 5 aromatic rings. The van der Waals surface area contributed by atoms with Crippen molar-refractivity contribution in [3.63, 3.8) is 0 Å². The summed E-state index contributed by atoms with van der Waals surface area (Å²) < 4.78 is 49.0. The SMILES string of the molecule is C#Cc1c(F)ccc2cc(O)cc(-c3nc4c5c(nc(OCC67CCCN6CCC7)nc5c3F)N3CCCOCC3CC4)c12.COC(=O)N1CCC(CN2CCN(c3ccc4c(c3)CN(C(C)CCC(=O)NC=O)C4=O)CC2)CC1. The summed E-state index contributed by atoms with van der Waals surface area (Å²) in [6.07, 6.45) is 15.1. The molecule has 2 N–H and O–H groups in total. The number of ether oxygens (including phenoxy) is 3. The first kappa shape index (κ1) is 54.7. The minimum atomic E-state index is -0.692. The van der Waals surface area contributed by atoms with E-state index in [1.165, 1.54) is 31.4 Å². The van der Waals surface area contributed by atoms with E-state index in [4.69, 9.17) is 35.6 Å². The molecule has 2 aromatic heterocycles. The molecule has 7 aliphatic heterocycles. The first-order chi connectivity index (χ1) is 38.8. The fraction of sp³-hybridized carbons (Fsp3) is 0.517. The Morgan fingerprint density at radius 1 is 0.950 bits per heavy atom. The van der Waals surface area contributed by atoms with E-state index in [2.05, 4.69) is 36.9 Å². The van der Waals surface area contributed by atoms with Gasteiger partial charge in [0.25, 0.3) is 5.91 Å². The van der Waals surface area contributed by atoms with E-state index >= 15 is 4.39 Å². The summed E-state index contributed by atoms with van der Waals surface area (Å²) in [6.45, 7) is 13.4. The van der Waals surface area contributed by atoms with Gasteiger partial charge in [0.05, 0.1) is 41.9 Å². The average molecular weight is 1100 g/mol. The zero-order valence-corrected chi connectivity index (χ0v) is 45.7. The minimum absolute atomic E-state index is 0.00270. The largest absolute Gasteiger partial charge is 0.508 e. The Balaban J connectivity index is 0.000000173. The van der Waals surface area contributed by atoms with E-state index in [0.717, 1.165) is 127 Å². The Labute approximate surface area is 464 Å². The van der Waals surface area contributed by atoms with Gasteiger partial charge in [-0.1, -0.05) is 12.0 Å². The van der Waals surface area contributed by atoms with Crippen LogP contribution in [0.1, 0.15) is 98.3 Å². The third kappa shape index (κ3) is 10.9. The number of aromatic nitrogens is 3. The van der Waals surface area contributed by atoms with Gasteiger partial charge in [0.15, 0.2) is 5.82 Å². The maximum atomic E-state index is 17.0. The Morgan fingerprint density at radius 3 is 2.49 bits per heavy atom. The molecule has 80 heavy (non-hydrogen) atoms. The third-order valence-electron chi connectivity index (χ3n) is 17.7. The number of aryl methyl sites for hydroxylation is 1. The quantitative estimate of drug-likeness (QED) is 0.0957. The lowest BCUT2D eigenvalue weighted by Gasteiger charge is -2.39. The first-order valence-corrected chi connectivity index (χ1v) is 28.4. The molecular weight excluding hydrogens is 1030 g/mol. The number of fused-ring (bicyclic) bond motifs is 5. The van der Waals surface area contributed by atoms with Gasteiger partial charge in [0.2, 0.25) is 12.3 Å². The maximum Gasteiger partial charge on any atom is 0.409 e. The highest BCUT2D eigenvalue weighted by Crippen LogP contribution is 2.44. The van der Waals surface area contributed by atoms with Crippen LogP contribution in [-0.4, -0.2) is 174 Å². The topological polar surface area (TPSA) is 186 Å². The van der Waals surface area contributed by atoms with E-state index in [-0.39, 0.29) is 76.0 Å². The number of terminal acetylenes is 1. The number of nitrogens with one attached hydrogen (secondary N) is 1. The van der Waals surface area contributed by atoms with Crippen molar-refractivity contribution in [2.45, 2.75) is 102 Å². The highest BCUT2D eigenvalue weighted by molar-refractivity contribution is 6.04. The van der Waals surface area contributed by atoms with Crippen LogP contribution >= 0.6 is 0 Å². The Bertz CT molecular complexity index is 3220. The van der Waals surface area contributed by atoms with E-state index < -0.39 is 11.6 Å². The number of hydrogen-bond donors (Lipinski definition) is 2. The lowest BCUT2D eigenvalue weighted by Crippen LogP contribution is -2.49. The number of rotatable bonds is 12. The fourth-order valence-corrected chi connectivity index (χ4v) is 13.4. The maximum absolute atomic E-state index is 17.0. The number of amides is 4. The van der Waals surface area contributed by atoms with Gasteiger partial charge < -0.3 is 38.9 Å². The number of halogens is 2. The lowest BCUT2D eigenvalue weighted by molar-refractivity contribution is -0.125. The second-order valence-electron chi connectivity index (χ2n) is 22.5. The number of aromatic hydroxyl groups is 1. The van der Waals surface area contributed by atoms with Crippen molar-refractivity contribution in [2.75, 3.05) is 102 Å². The summed E-state index contributed by atoms with van der Waals surface area (Å²) >= 11 is 0. The Morgan fingerprint density at radius 2 is 1.74 bits per heavy atom. The molecule has 5 fully saturated rings. The van der Waals surface area contributed by atoms with Gasteiger partial charge >= 0.3 is 12.1 Å². The van der Waals surface area contributed by atoms with Crippen molar-refractivity contribution in [1.29, 1.82) is 0 Å². The van der Waals surface area contributed by atoms with Gasteiger partial charge in [0.1, 0.15) is 35.2 Å². The third-order valence-corrected chi connectivity index (χ3v) is 17.7. The number of phenols is 1. The number of hydrogen-bond acceptors (Lipinski definition) is 15. The number of benzene rings is 3.